The molecule has 0 spiro atoms. The SMILES string of the molecule is CCOc1ccccc1Nc1nccc(C(=O)NCCc2ccccc2F)n1. The second kappa shape index (κ2) is 9.45. The summed E-state index contributed by atoms with van der Waals surface area (Å²) >= 11 is 0. The number of rotatable bonds is 8. The molecule has 1 heterocycles. The van der Waals surface area contributed by atoms with Crippen molar-refractivity contribution in [3.8, 4) is 5.75 Å². The van der Waals surface area contributed by atoms with Gasteiger partial charge < -0.3 is 15.4 Å². The Bertz CT molecular complexity index is 949. The van der Waals surface area contributed by atoms with Gasteiger partial charge in [0.25, 0.3) is 5.91 Å². The molecular formula is C21H21FN4O2. The number of nitrogens with zero attached hydrogens (tertiary/aromatic N) is 2. The fourth-order valence-corrected chi connectivity index (χ4v) is 2.62. The number of hydrogen-bond acceptors (Lipinski definition) is 5. The Morgan fingerprint density at radius 2 is 1.89 bits per heavy atom. The van der Waals surface area contributed by atoms with Crippen LogP contribution < -0.4 is 15.4 Å². The van der Waals surface area contributed by atoms with Crippen LogP contribution in [0.15, 0.2) is 60.8 Å². The van der Waals surface area contributed by atoms with Gasteiger partial charge in [0.1, 0.15) is 17.3 Å². The van der Waals surface area contributed by atoms with Crippen molar-refractivity contribution in [3.63, 3.8) is 0 Å². The smallest absolute Gasteiger partial charge is 0.270 e. The molecule has 6 nitrogen and oxygen atoms in total. The number of nitrogens with one attached hydrogen (secondary N) is 2. The maximum atomic E-state index is 13.6. The van der Waals surface area contributed by atoms with Crippen LogP contribution in [0.1, 0.15) is 23.0 Å². The van der Waals surface area contributed by atoms with Gasteiger partial charge in [0.15, 0.2) is 0 Å². The molecule has 1 aromatic heterocycles. The van der Waals surface area contributed by atoms with Gasteiger partial charge in [-0.05, 0) is 43.2 Å². The molecule has 1 amide bonds. The van der Waals surface area contributed by atoms with Gasteiger partial charge in [0, 0.05) is 12.7 Å². The summed E-state index contributed by atoms with van der Waals surface area (Å²) in [5.74, 6) is 0.334. The molecule has 0 aliphatic carbocycles. The van der Waals surface area contributed by atoms with E-state index in [-0.39, 0.29) is 23.4 Å². The van der Waals surface area contributed by atoms with E-state index in [9.17, 15) is 9.18 Å². The van der Waals surface area contributed by atoms with Gasteiger partial charge in [-0.15, -0.1) is 0 Å². The summed E-state index contributed by atoms with van der Waals surface area (Å²) < 4.78 is 19.2. The number of carbonyl (C=O) groups excluding carboxylic acids is 1. The number of carbonyl (C=O) groups is 1. The van der Waals surface area contributed by atoms with E-state index < -0.39 is 0 Å². The highest BCUT2D eigenvalue weighted by atomic mass is 19.1. The van der Waals surface area contributed by atoms with Crippen LogP contribution in [-0.4, -0.2) is 29.0 Å². The van der Waals surface area contributed by atoms with E-state index in [1.165, 1.54) is 18.3 Å². The largest absolute Gasteiger partial charge is 0.492 e. The first-order valence-corrected chi connectivity index (χ1v) is 9.01. The quantitative estimate of drug-likeness (QED) is 0.623. The zero-order valence-electron chi connectivity index (χ0n) is 15.5. The van der Waals surface area contributed by atoms with E-state index >= 15 is 0 Å². The standard InChI is InChI=1S/C21H21FN4O2/c1-2-28-19-10-6-5-9-17(19)25-21-24-14-12-18(26-21)20(27)23-13-11-15-7-3-4-8-16(15)22/h3-10,12,14H,2,11,13H2,1H3,(H,23,27)(H,24,25,26). The monoisotopic (exact) mass is 380 g/mol. The van der Waals surface area contributed by atoms with Crippen LogP contribution in [0.4, 0.5) is 16.0 Å². The van der Waals surface area contributed by atoms with Gasteiger partial charge in [-0.1, -0.05) is 30.3 Å². The number of para-hydroxylation sites is 2. The summed E-state index contributed by atoms with van der Waals surface area (Å²) in [7, 11) is 0. The van der Waals surface area contributed by atoms with Crippen LogP contribution in [-0.2, 0) is 6.42 Å². The van der Waals surface area contributed by atoms with E-state index in [1.807, 2.05) is 31.2 Å². The first-order chi connectivity index (χ1) is 13.7. The molecule has 0 fully saturated rings. The van der Waals surface area contributed by atoms with Crippen LogP contribution in [0.5, 0.6) is 5.75 Å². The summed E-state index contributed by atoms with van der Waals surface area (Å²) in [6.07, 6.45) is 1.90. The Labute approximate surface area is 162 Å². The van der Waals surface area contributed by atoms with E-state index in [1.54, 1.807) is 18.2 Å². The Balaban J connectivity index is 1.63. The first kappa shape index (κ1) is 19.3. The molecule has 0 radical (unpaired) electrons. The number of hydrogen-bond donors (Lipinski definition) is 2. The number of halogens is 1. The molecule has 2 aromatic carbocycles. The molecule has 2 N–H and O–H groups in total. The molecule has 0 saturated heterocycles. The van der Waals surface area contributed by atoms with Crippen LogP contribution >= 0.6 is 0 Å². The third kappa shape index (κ3) is 5.03. The summed E-state index contributed by atoms with van der Waals surface area (Å²) in [6.45, 7) is 2.74. The van der Waals surface area contributed by atoms with Crippen molar-refractivity contribution in [2.75, 3.05) is 18.5 Å². The van der Waals surface area contributed by atoms with Crippen molar-refractivity contribution in [3.05, 3.63) is 77.9 Å². The van der Waals surface area contributed by atoms with Crippen molar-refractivity contribution in [1.29, 1.82) is 0 Å². The average molecular weight is 380 g/mol. The highest BCUT2D eigenvalue weighted by Crippen LogP contribution is 2.25. The van der Waals surface area contributed by atoms with Crippen molar-refractivity contribution in [2.24, 2.45) is 0 Å². The van der Waals surface area contributed by atoms with Gasteiger partial charge >= 0.3 is 0 Å². The van der Waals surface area contributed by atoms with Crippen molar-refractivity contribution >= 4 is 17.5 Å². The number of benzene rings is 2. The fourth-order valence-electron chi connectivity index (χ4n) is 2.62. The molecule has 0 atom stereocenters. The predicted octanol–water partition coefficient (Wildman–Crippen LogP) is 3.73. The lowest BCUT2D eigenvalue weighted by atomic mass is 10.1. The molecule has 0 aliphatic heterocycles. The summed E-state index contributed by atoms with van der Waals surface area (Å²) in [4.78, 5) is 20.7. The molecule has 0 saturated carbocycles. The van der Waals surface area contributed by atoms with E-state index in [0.717, 1.165) is 0 Å². The lowest BCUT2D eigenvalue weighted by Crippen LogP contribution is -2.27. The minimum atomic E-state index is -0.347. The van der Waals surface area contributed by atoms with Crippen LogP contribution in [0, 0.1) is 5.82 Å². The van der Waals surface area contributed by atoms with Gasteiger partial charge in [0.05, 0.1) is 12.3 Å². The number of aromatic nitrogens is 2. The van der Waals surface area contributed by atoms with E-state index in [0.29, 0.717) is 36.6 Å². The third-order valence-corrected chi connectivity index (χ3v) is 3.96. The second-order valence-electron chi connectivity index (χ2n) is 5.92. The molecule has 0 bridgehead atoms. The highest BCUT2D eigenvalue weighted by Gasteiger charge is 2.10. The topological polar surface area (TPSA) is 76.1 Å². The lowest BCUT2D eigenvalue weighted by molar-refractivity contribution is 0.0949. The van der Waals surface area contributed by atoms with Gasteiger partial charge in [-0.25, -0.2) is 14.4 Å². The summed E-state index contributed by atoms with van der Waals surface area (Å²) in [6, 6.07) is 15.4. The average Bonchev–Trinajstić information content (AvgIpc) is 2.71. The van der Waals surface area contributed by atoms with E-state index in [2.05, 4.69) is 20.6 Å². The number of anilines is 2. The summed E-state index contributed by atoms with van der Waals surface area (Å²) in [5, 5.41) is 5.81. The second-order valence-corrected chi connectivity index (χ2v) is 5.92. The number of ether oxygens (including phenoxy) is 1. The molecule has 28 heavy (non-hydrogen) atoms. The van der Waals surface area contributed by atoms with Gasteiger partial charge in [0.2, 0.25) is 5.95 Å². The summed E-state index contributed by atoms with van der Waals surface area (Å²) in [5.41, 5.74) is 1.49. The Hall–Kier alpha value is -3.48. The van der Waals surface area contributed by atoms with Crippen molar-refractivity contribution in [2.45, 2.75) is 13.3 Å². The van der Waals surface area contributed by atoms with Crippen molar-refractivity contribution in [1.82, 2.24) is 15.3 Å². The van der Waals surface area contributed by atoms with Crippen LogP contribution in [0.2, 0.25) is 0 Å². The molecular weight excluding hydrogens is 359 g/mol. The van der Waals surface area contributed by atoms with Crippen LogP contribution in [0.25, 0.3) is 0 Å². The minimum Gasteiger partial charge on any atom is -0.492 e. The normalized spacial score (nSPS) is 10.4. The molecule has 3 rings (SSSR count). The zero-order valence-corrected chi connectivity index (χ0v) is 15.5. The number of amides is 1. The predicted molar refractivity (Wildman–Crippen MR) is 105 cm³/mol. The van der Waals surface area contributed by atoms with Crippen LogP contribution in [0.3, 0.4) is 0 Å². The third-order valence-electron chi connectivity index (χ3n) is 3.96. The van der Waals surface area contributed by atoms with Gasteiger partial charge in [-0.3, -0.25) is 4.79 Å². The Morgan fingerprint density at radius 3 is 2.71 bits per heavy atom. The Kier molecular flexibility index (Phi) is 6.51. The molecule has 0 aliphatic rings. The molecule has 0 unspecified atom stereocenters. The lowest BCUT2D eigenvalue weighted by Gasteiger charge is -2.11. The molecule has 7 heteroatoms. The minimum absolute atomic E-state index is 0.222. The molecule has 3 aromatic rings. The van der Waals surface area contributed by atoms with Crippen molar-refractivity contribution < 1.29 is 13.9 Å². The highest BCUT2D eigenvalue weighted by molar-refractivity contribution is 5.92. The van der Waals surface area contributed by atoms with Gasteiger partial charge in [-0.2, -0.15) is 0 Å². The molecule has 144 valence electrons. The maximum absolute atomic E-state index is 13.6. The maximum Gasteiger partial charge on any atom is 0.270 e. The first-order valence-electron chi connectivity index (χ1n) is 9.01. The van der Waals surface area contributed by atoms with E-state index in [4.69, 9.17) is 4.74 Å². The fraction of sp³-hybridized carbons (Fsp3) is 0.190. The zero-order chi connectivity index (χ0) is 19.8. The Morgan fingerprint density at radius 1 is 1.11 bits per heavy atom.